The number of carbonyl (C=O) groups excluding carboxylic acids is 2. The first kappa shape index (κ1) is 22.2. The first-order valence-corrected chi connectivity index (χ1v) is 11.2. The van der Waals surface area contributed by atoms with Crippen LogP contribution in [0.1, 0.15) is 67.4 Å². The summed E-state index contributed by atoms with van der Waals surface area (Å²) in [6.07, 6.45) is 5.81. The van der Waals surface area contributed by atoms with Gasteiger partial charge in [-0.05, 0) is 55.5 Å². The van der Waals surface area contributed by atoms with Gasteiger partial charge in [-0.15, -0.1) is 0 Å². The van der Waals surface area contributed by atoms with Crippen LogP contribution in [0.25, 0.3) is 0 Å². The summed E-state index contributed by atoms with van der Waals surface area (Å²) < 4.78 is 25.8. The second-order valence-corrected chi connectivity index (χ2v) is 8.67. The molecule has 32 heavy (non-hydrogen) atoms. The molecule has 1 atom stereocenters. The largest absolute Gasteiger partial charge is 0.355 e. The van der Waals surface area contributed by atoms with Crippen molar-refractivity contribution in [3.63, 3.8) is 0 Å². The number of carbonyl (C=O) groups is 2. The maximum atomic E-state index is 13.0. The maximum absolute atomic E-state index is 13.0. The van der Waals surface area contributed by atoms with Gasteiger partial charge < -0.3 is 16.0 Å². The van der Waals surface area contributed by atoms with E-state index < -0.39 is 12.5 Å². The van der Waals surface area contributed by atoms with Crippen LogP contribution in [0.3, 0.4) is 0 Å². The third-order valence-corrected chi connectivity index (χ3v) is 6.01. The number of halogens is 2. The summed E-state index contributed by atoms with van der Waals surface area (Å²) in [5, 5.41) is 8.96. The van der Waals surface area contributed by atoms with E-state index in [1.54, 1.807) is 30.3 Å². The van der Waals surface area contributed by atoms with Crippen molar-refractivity contribution < 1.29 is 18.4 Å². The van der Waals surface area contributed by atoms with Crippen LogP contribution in [0, 0.1) is 5.92 Å². The minimum absolute atomic E-state index is 0.113. The van der Waals surface area contributed by atoms with Crippen molar-refractivity contribution in [2.24, 2.45) is 5.92 Å². The normalized spacial score (nSPS) is 17.2. The molecule has 4 rings (SSSR count). The molecule has 2 aliphatic rings. The zero-order valence-corrected chi connectivity index (χ0v) is 17.8. The molecule has 1 aromatic heterocycles. The zero-order chi connectivity index (χ0) is 22.5. The summed E-state index contributed by atoms with van der Waals surface area (Å²) in [4.78, 5) is 29.3. The predicted molar refractivity (Wildman–Crippen MR) is 118 cm³/mol. The number of aromatic nitrogens is 1. The van der Waals surface area contributed by atoms with Gasteiger partial charge in [0, 0.05) is 29.2 Å². The monoisotopic (exact) mass is 442 g/mol. The fourth-order valence-corrected chi connectivity index (χ4v) is 4.13. The quantitative estimate of drug-likeness (QED) is 0.525. The van der Waals surface area contributed by atoms with E-state index in [0.29, 0.717) is 29.3 Å². The van der Waals surface area contributed by atoms with Gasteiger partial charge in [-0.1, -0.05) is 31.7 Å². The first-order valence-electron chi connectivity index (χ1n) is 11.2. The molecule has 6 nitrogen and oxygen atoms in total. The van der Waals surface area contributed by atoms with E-state index in [9.17, 15) is 18.4 Å². The fraction of sp³-hybridized carbons (Fsp3) is 0.458. The molecule has 2 fully saturated rings. The van der Waals surface area contributed by atoms with Crippen molar-refractivity contribution in [2.75, 3.05) is 5.32 Å². The van der Waals surface area contributed by atoms with Gasteiger partial charge in [0.1, 0.15) is 11.7 Å². The van der Waals surface area contributed by atoms with Crippen molar-refractivity contribution in [3.8, 4) is 0 Å². The van der Waals surface area contributed by atoms with Gasteiger partial charge in [0.25, 0.3) is 12.3 Å². The number of rotatable bonds is 9. The molecule has 0 saturated heterocycles. The minimum atomic E-state index is -2.66. The highest BCUT2D eigenvalue weighted by molar-refractivity contribution is 5.98. The summed E-state index contributed by atoms with van der Waals surface area (Å²) in [7, 11) is 0. The standard InChI is InChI=1S/C24H28F2N4O2/c25-22(26)20-14-19(10-11-27-20)28-18-7-3-6-16(13-18)23(31)30-21(12-15-4-1-2-5-15)24(32)29-17-8-9-17/h3,6-7,10-11,13-15,17,21-22H,1-2,4-5,8-9,12H2,(H,27,28)(H,29,32)(H,30,31)/t21-/m0/s1. The van der Waals surface area contributed by atoms with E-state index in [0.717, 1.165) is 25.7 Å². The highest BCUT2D eigenvalue weighted by Gasteiger charge is 2.31. The molecule has 0 unspecified atom stereocenters. The number of anilines is 2. The van der Waals surface area contributed by atoms with Gasteiger partial charge in [0.05, 0.1) is 0 Å². The van der Waals surface area contributed by atoms with Gasteiger partial charge in [0.2, 0.25) is 5.91 Å². The van der Waals surface area contributed by atoms with E-state index >= 15 is 0 Å². The fourth-order valence-electron chi connectivity index (χ4n) is 4.13. The number of nitrogens with zero attached hydrogens (tertiary/aromatic N) is 1. The molecule has 3 N–H and O–H groups in total. The van der Waals surface area contributed by atoms with E-state index in [4.69, 9.17) is 0 Å². The van der Waals surface area contributed by atoms with E-state index in [2.05, 4.69) is 20.9 Å². The Morgan fingerprint density at radius 2 is 1.78 bits per heavy atom. The Kier molecular flexibility index (Phi) is 6.97. The van der Waals surface area contributed by atoms with Crippen molar-refractivity contribution >= 4 is 23.2 Å². The molecule has 0 radical (unpaired) electrons. The van der Waals surface area contributed by atoms with Gasteiger partial charge in [-0.25, -0.2) is 8.78 Å². The molecule has 0 spiro atoms. The average molecular weight is 443 g/mol. The number of alkyl halides is 2. The van der Waals surface area contributed by atoms with Gasteiger partial charge in [0.15, 0.2) is 0 Å². The Labute approximate surface area is 186 Å². The van der Waals surface area contributed by atoms with Crippen LogP contribution in [0.4, 0.5) is 20.2 Å². The summed E-state index contributed by atoms with van der Waals surface area (Å²) in [5.74, 6) is 0.0120. The van der Waals surface area contributed by atoms with Crippen molar-refractivity contribution in [2.45, 2.75) is 63.5 Å². The molecular weight excluding hydrogens is 414 g/mol. The van der Waals surface area contributed by atoms with Crippen LogP contribution in [-0.4, -0.2) is 28.9 Å². The number of nitrogens with one attached hydrogen (secondary N) is 3. The third-order valence-electron chi connectivity index (χ3n) is 6.01. The number of benzene rings is 1. The van der Waals surface area contributed by atoms with Crippen LogP contribution >= 0.6 is 0 Å². The SMILES string of the molecule is O=C(N[C@@H](CC1CCCC1)C(=O)NC1CC1)c1cccc(Nc2ccnc(C(F)F)c2)c1. The minimum Gasteiger partial charge on any atom is -0.355 e. The molecule has 2 amide bonds. The Morgan fingerprint density at radius 3 is 2.50 bits per heavy atom. The number of amides is 2. The molecule has 8 heteroatoms. The average Bonchev–Trinajstić information content (AvgIpc) is 3.45. The second kappa shape index (κ2) is 10.1. The molecule has 170 valence electrons. The van der Waals surface area contributed by atoms with Crippen LogP contribution in [0.15, 0.2) is 42.6 Å². The number of hydrogen-bond donors (Lipinski definition) is 3. The summed E-state index contributed by atoms with van der Waals surface area (Å²) in [6, 6.07) is 9.30. The summed E-state index contributed by atoms with van der Waals surface area (Å²) in [5.41, 5.74) is 1.11. The van der Waals surface area contributed by atoms with E-state index in [1.807, 2.05) is 0 Å². The second-order valence-electron chi connectivity index (χ2n) is 8.67. The lowest BCUT2D eigenvalue weighted by atomic mass is 9.97. The molecule has 2 aromatic rings. The topological polar surface area (TPSA) is 83.1 Å². The molecule has 2 saturated carbocycles. The van der Waals surface area contributed by atoms with Crippen LogP contribution < -0.4 is 16.0 Å². The van der Waals surface area contributed by atoms with Crippen molar-refractivity contribution in [3.05, 3.63) is 53.9 Å². The molecule has 1 aromatic carbocycles. The lowest BCUT2D eigenvalue weighted by Gasteiger charge is -2.21. The third kappa shape index (κ3) is 6.02. The zero-order valence-electron chi connectivity index (χ0n) is 17.8. The van der Waals surface area contributed by atoms with Crippen LogP contribution in [0.5, 0.6) is 0 Å². The Balaban J connectivity index is 1.43. The molecule has 2 aliphatic carbocycles. The highest BCUT2D eigenvalue weighted by atomic mass is 19.3. The lowest BCUT2D eigenvalue weighted by Crippen LogP contribution is -2.48. The smallest absolute Gasteiger partial charge is 0.280 e. The van der Waals surface area contributed by atoms with Crippen LogP contribution in [-0.2, 0) is 4.79 Å². The summed E-state index contributed by atoms with van der Waals surface area (Å²) >= 11 is 0. The van der Waals surface area contributed by atoms with Gasteiger partial charge in [-0.3, -0.25) is 14.6 Å². The van der Waals surface area contributed by atoms with E-state index in [-0.39, 0.29) is 23.6 Å². The predicted octanol–water partition coefficient (Wildman–Crippen LogP) is 4.72. The lowest BCUT2D eigenvalue weighted by molar-refractivity contribution is -0.123. The van der Waals surface area contributed by atoms with E-state index in [1.165, 1.54) is 25.1 Å². The molecule has 0 aliphatic heterocycles. The Bertz CT molecular complexity index is 959. The maximum Gasteiger partial charge on any atom is 0.280 e. The summed E-state index contributed by atoms with van der Waals surface area (Å²) in [6.45, 7) is 0. The number of hydrogen-bond acceptors (Lipinski definition) is 4. The molecule has 1 heterocycles. The van der Waals surface area contributed by atoms with Gasteiger partial charge in [-0.2, -0.15) is 0 Å². The molecular formula is C24H28F2N4O2. The Morgan fingerprint density at radius 1 is 1.03 bits per heavy atom. The van der Waals surface area contributed by atoms with Gasteiger partial charge >= 0.3 is 0 Å². The first-order chi connectivity index (χ1) is 15.5. The highest BCUT2D eigenvalue weighted by Crippen LogP contribution is 2.29. The van der Waals surface area contributed by atoms with Crippen molar-refractivity contribution in [1.29, 1.82) is 0 Å². The van der Waals surface area contributed by atoms with Crippen molar-refractivity contribution in [1.82, 2.24) is 15.6 Å². The number of pyridine rings is 1. The van der Waals surface area contributed by atoms with Crippen LogP contribution in [0.2, 0.25) is 0 Å². The molecule has 0 bridgehead atoms. The Hall–Kier alpha value is -3.03.